The van der Waals surface area contributed by atoms with Crippen LogP contribution in [0, 0.1) is 5.82 Å². The molecule has 10 heteroatoms. The molecule has 0 aliphatic heterocycles. The number of carbonyl (C=O) groups excluding carboxylic acids is 1. The molecule has 0 atom stereocenters. The Kier molecular flexibility index (Phi) is 5.56. The van der Waals surface area contributed by atoms with Crippen LogP contribution in [-0.4, -0.2) is 41.0 Å². The zero-order valence-corrected chi connectivity index (χ0v) is 20.8. The maximum atomic E-state index is 14.5. The molecule has 0 bridgehead atoms. The van der Waals surface area contributed by atoms with Gasteiger partial charge in [-0.3, -0.25) is 19.9 Å². The molecule has 0 saturated heterocycles. The maximum absolute atomic E-state index is 14.5. The van der Waals surface area contributed by atoms with Crippen molar-refractivity contribution in [1.82, 2.24) is 35.1 Å². The van der Waals surface area contributed by atoms with Gasteiger partial charge in [0.05, 0.1) is 28.6 Å². The molecule has 5 heterocycles. The van der Waals surface area contributed by atoms with Gasteiger partial charge in [-0.2, -0.15) is 5.10 Å². The van der Waals surface area contributed by atoms with E-state index in [9.17, 15) is 9.18 Å². The Morgan fingerprint density at radius 2 is 1.65 bits per heavy atom. The number of carbonyl (C=O) groups is 1. The van der Waals surface area contributed by atoms with Crippen molar-refractivity contribution in [3.05, 3.63) is 109 Å². The average molecular weight is 527 g/mol. The predicted octanol–water partition coefficient (Wildman–Crippen LogP) is 6.02. The van der Waals surface area contributed by atoms with E-state index in [2.05, 4.69) is 30.5 Å². The summed E-state index contributed by atoms with van der Waals surface area (Å²) in [5.74, 6) is -0.132. The molecule has 40 heavy (non-hydrogen) atoms. The molecule has 0 saturated carbocycles. The fourth-order valence-electron chi connectivity index (χ4n) is 4.56. The van der Waals surface area contributed by atoms with Crippen molar-refractivity contribution in [1.29, 1.82) is 0 Å². The number of anilines is 1. The first-order valence-electron chi connectivity index (χ1n) is 12.4. The summed E-state index contributed by atoms with van der Waals surface area (Å²) in [6.07, 6.45) is 4.88. The molecule has 1 amide bonds. The number of hydrogen-bond donors (Lipinski definition) is 3. The van der Waals surface area contributed by atoms with E-state index in [4.69, 9.17) is 9.97 Å². The van der Waals surface area contributed by atoms with E-state index in [1.54, 1.807) is 55.0 Å². The molecule has 7 aromatic rings. The Balaban J connectivity index is 1.26. The van der Waals surface area contributed by atoms with Crippen LogP contribution in [0.15, 0.2) is 97.5 Å². The van der Waals surface area contributed by atoms with Crippen molar-refractivity contribution in [3.63, 3.8) is 0 Å². The monoisotopic (exact) mass is 526 g/mol. The third-order valence-corrected chi connectivity index (χ3v) is 6.49. The second-order valence-electron chi connectivity index (χ2n) is 9.07. The summed E-state index contributed by atoms with van der Waals surface area (Å²) >= 11 is 0. The summed E-state index contributed by atoms with van der Waals surface area (Å²) in [5, 5.41) is 10.3. The van der Waals surface area contributed by atoms with Crippen LogP contribution in [0.1, 0.15) is 10.4 Å². The van der Waals surface area contributed by atoms with Crippen LogP contribution in [0.25, 0.3) is 56.1 Å². The first kappa shape index (κ1) is 23.4. The standard InChI is InChI=1S/C30H19FN8O/c31-21-9-5-4-8-20(21)25-26-23(12-13-33-25)36-29(37-26)28-27-24(38-39-28)11-10-22(35-27)18-14-19(16-32-15-18)34-30(40)17-6-2-1-3-7-17/h1-16H,(H,34,40)(H,36,37)(H,38,39). The molecular weight excluding hydrogens is 507 g/mol. The largest absolute Gasteiger partial charge is 0.336 e. The van der Waals surface area contributed by atoms with Gasteiger partial charge in [-0.1, -0.05) is 30.3 Å². The number of nitrogens with zero attached hydrogens (tertiary/aromatic N) is 5. The summed E-state index contributed by atoms with van der Waals surface area (Å²) in [7, 11) is 0. The number of hydrogen-bond acceptors (Lipinski definition) is 6. The topological polar surface area (TPSA) is 125 Å². The second kappa shape index (κ2) is 9.52. The lowest BCUT2D eigenvalue weighted by Gasteiger charge is -2.07. The van der Waals surface area contributed by atoms with Gasteiger partial charge in [-0.05, 0) is 48.5 Å². The molecule has 0 fully saturated rings. The van der Waals surface area contributed by atoms with E-state index in [-0.39, 0.29) is 11.7 Å². The third-order valence-electron chi connectivity index (χ3n) is 6.49. The SMILES string of the molecule is O=C(Nc1cncc(-c2ccc3[nH]nc(-c4nc5c(-c6ccccc6F)nccc5[nH]4)c3n2)c1)c1ccccc1. The lowest BCUT2D eigenvalue weighted by Crippen LogP contribution is -2.11. The minimum absolute atomic E-state index is 0.228. The quantitative estimate of drug-likeness (QED) is 0.252. The van der Waals surface area contributed by atoms with Crippen molar-refractivity contribution >= 4 is 33.7 Å². The molecule has 0 unspecified atom stereocenters. The van der Waals surface area contributed by atoms with Crippen LogP contribution < -0.4 is 5.32 Å². The van der Waals surface area contributed by atoms with E-state index >= 15 is 0 Å². The average Bonchev–Trinajstić information content (AvgIpc) is 3.62. The minimum atomic E-state index is -0.376. The number of amides is 1. The minimum Gasteiger partial charge on any atom is -0.336 e. The number of aromatic nitrogens is 7. The molecule has 9 nitrogen and oxygen atoms in total. The maximum Gasteiger partial charge on any atom is 0.255 e. The summed E-state index contributed by atoms with van der Waals surface area (Å²) in [4.78, 5) is 34.1. The van der Waals surface area contributed by atoms with Crippen molar-refractivity contribution in [3.8, 4) is 34.0 Å². The van der Waals surface area contributed by atoms with Gasteiger partial charge in [-0.25, -0.2) is 14.4 Å². The van der Waals surface area contributed by atoms with Crippen molar-refractivity contribution in [2.24, 2.45) is 0 Å². The van der Waals surface area contributed by atoms with Crippen LogP contribution in [0.3, 0.4) is 0 Å². The van der Waals surface area contributed by atoms with Crippen LogP contribution in [0.2, 0.25) is 0 Å². The number of aromatic amines is 2. The van der Waals surface area contributed by atoms with Gasteiger partial charge in [0, 0.05) is 29.1 Å². The van der Waals surface area contributed by atoms with Gasteiger partial charge >= 0.3 is 0 Å². The molecule has 2 aromatic carbocycles. The molecule has 5 aromatic heterocycles. The number of halogens is 1. The summed E-state index contributed by atoms with van der Waals surface area (Å²) in [6.45, 7) is 0. The number of rotatable bonds is 5. The number of imidazole rings is 1. The number of benzene rings is 2. The smallest absolute Gasteiger partial charge is 0.255 e. The summed E-state index contributed by atoms with van der Waals surface area (Å²) in [5.41, 5.74) is 6.30. The summed E-state index contributed by atoms with van der Waals surface area (Å²) in [6, 6.07) is 22.8. The molecule has 0 aliphatic carbocycles. The van der Waals surface area contributed by atoms with Crippen molar-refractivity contribution in [2.75, 3.05) is 5.32 Å². The first-order valence-corrected chi connectivity index (χ1v) is 12.4. The highest BCUT2D eigenvalue weighted by molar-refractivity contribution is 6.04. The van der Waals surface area contributed by atoms with E-state index < -0.39 is 0 Å². The van der Waals surface area contributed by atoms with Gasteiger partial charge < -0.3 is 10.3 Å². The van der Waals surface area contributed by atoms with Crippen molar-refractivity contribution < 1.29 is 9.18 Å². The molecule has 3 N–H and O–H groups in total. The van der Waals surface area contributed by atoms with Crippen LogP contribution >= 0.6 is 0 Å². The molecule has 0 aliphatic rings. The van der Waals surface area contributed by atoms with Crippen LogP contribution in [-0.2, 0) is 0 Å². The van der Waals surface area contributed by atoms with Gasteiger partial charge in [0.15, 0.2) is 11.5 Å². The Hall–Kier alpha value is -5.77. The van der Waals surface area contributed by atoms with E-state index in [0.717, 1.165) is 5.56 Å². The highest BCUT2D eigenvalue weighted by atomic mass is 19.1. The number of nitrogens with one attached hydrogen (secondary N) is 3. The lowest BCUT2D eigenvalue weighted by molar-refractivity contribution is 0.102. The summed E-state index contributed by atoms with van der Waals surface area (Å²) < 4.78 is 14.5. The van der Waals surface area contributed by atoms with E-state index in [1.165, 1.54) is 6.07 Å². The molecule has 7 rings (SSSR count). The first-order chi connectivity index (χ1) is 19.6. The third kappa shape index (κ3) is 4.13. The van der Waals surface area contributed by atoms with Crippen LogP contribution in [0.5, 0.6) is 0 Å². The van der Waals surface area contributed by atoms with Gasteiger partial charge in [-0.15, -0.1) is 0 Å². The fraction of sp³-hybridized carbons (Fsp3) is 0. The zero-order chi connectivity index (χ0) is 27.1. The zero-order valence-electron chi connectivity index (χ0n) is 20.8. The molecule has 0 radical (unpaired) electrons. The Bertz CT molecular complexity index is 2030. The lowest BCUT2D eigenvalue weighted by atomic mass is 10.1. The van der Waals surface area contributed by atoms with E-state index in [1.807, 2.05) is 36.4 Å². The van der Waals surface area contributed by atoms with Gasteiger partial charge in [0.25, 0.3) is 5.91 Å². The second-order valence-corrected chi connectivity index (χ2v) is 9.07. The van der Waals surface area contributed by atoms with Gasteiger partial charge in [0.2, 0.25) is 0 Å². The Labute approximate surface area is 226 Å². The van der Waals surface area contributed by atoms with Crippen LogP contribution in [0.4, 0.5) is 10.1 Å². The predicted molar refractivity (Wildman–Crippen MR) is 150 cm³/mol. The highest BCUT2D eigenvalue weighted by Crippen LogP contribution is 2.31. The van der Waals surface area contributed by atoms with Crippen molar-refractivity contribution in [2.45, 2.75) is 0 Å². The normalized spacial score (nSPS) is 11.2. The Morgan fingerprint density at radius 1 is 0.825 bits per heavy atom. The van der Waals surface area contributed by atoms with E-state index in [0.29, 0.717) is 61.8 Å². The molecule has 192 valence electrons. The van der Waals surface area contributed by atoms with Gasteiger partial charge in [0.1, 0.15) is 22.5 Å². The molecular formula is C30H19FN8O. The number of H-pyrrole nitrogens is 2. The highest BCUT2D eigenvalue weighted by Gasteiger charge is 2.18. The Morgan fingerprint density at radius 3 is 2.52 bits per heavy atom. The molecule has 0 spiro atoms. The number of fused-ring (bicyclic) bond motifs is 2. The fourth-order valence-corrected chi connectivity index (χ4v) is 4.56. The number of pyridine rings is 3.